The zero-order chi connectivity index (χ0) is 24.0. The van der Waals surface area contributed by atoms with Crippen LogP contribution in [0.2, 0.25) is 5.02 Å². The van der Waals surface area contributed by atoms with Gasteiger partial charge in [0.25, 0.3) is 5.91 Å². The Morgan fingerprint density at radius 3 is 2.27 bits per heavy atom. The Labute approximate surface area is 198 Å². The van der Waals surface area contributed by atoms with Crippen molar-refractivity contribution in [3.05, 3.63) is 64.9 Å². The fourth-order valence-corrected chi connectivity index (χ4v) is 5.38. The number of piperidine rings is 1. The number of hydrogen-bond donors (Lipinski definition) is 2. The van der Waals surface area contributed by atoms with Crippen molar-refractivity contribution in [1.29, 1.82) is 0 Å². The Morgan fingerprint density at radius 1 is 1.09 bits per heavy atom. The van der Waals surface area contributed by atoms with Gasteiger partial charge in [0.05, 0.1) is 4.90 Å². The van der Waals surface area contributed by atoms with Crippen LogP contribution < -0.4 is 10.6 Å². The van der Waals surface area contributed by atoms with Crippen molar-refractivity contribution in [1.82, 2.24) is 14.9 Å². The van der Waals surface area contributed by atoms with Gasteiger partial charge in [0.2, 0.25) is 15.9 Å². The number of halogens is 2. The predicted octanol–water partition coefficient (Wildman–Crippen LogP) is 3.20. The van der Waals surface area contributed by atoms with Crippen LogP contribution in [0, 0.1) is 11.7 Å². The Hall–Kier alpha value is -2.49. The first kappa shape index (κ1) is 25.1. The predicted molar refractivity (Wildman–Crippen MR) is 124 cm³/mol. The molecule has 1 saturated heterocycles. The molecule has 1 aliphatic rings. The molecule has 2 aromatic carbocycles. The van der Waals surface area contributed by atoms with Gasteiger partial charge in [-0.25, -0.2) is 12.8 Å². The standard InChI is InChI=1S/C23H27ClFN3O4S/c1-2-13-26-23(30)21(27-22(29)17-3-7-19(25)8-4-17)16-11-14-28(15-12-16)33(31,32)20-9-5-18(24)6-10-20/h3-10,16,21H,2,11-15H2,1H3,(H,26,30)(H,27,29). The van der Waals surface area contributed by atoms with Gasteiger partial charge in [-0.1, -0.05) is 18.5 Å². The maximum absolute atomic E-state index is 13.2. The Morgan fingerprint density at radius 2 is 1.70 bits per heavy atom. The van der Waals surface area contributed by atoms with Gasteiger partial charge in [0.15, 0.2) is 0 Å². The lowest BCUT2D eigenvalue weighted by atomic mass is 9.89. The molecule has 10 heteroatoms. The van der Waals surface area contributed by atoms with E-state index < -0.39 is 27.8 Å². The largest absolute Gasteiger partial charge is 0.354 e. The maximum atomic E-state index is 13.2. The highest BCUT2D eigenvalue weighted by Gasteiger charge is 2.36. The lowest BCUT2D eigenvalue weighted by Crippen LogP contribution is -2.53. The summed E-state index contributed by atoms with van der Waals surface area (Å²) in [6.07, 6.45) is 1.55. The fraction of sp³-hybridized carbons (Fsp3) is 0.391. The van der Waals surface area contributed by atoms with Gasteiger partial charge in [-0.15, -0.1) is 0 Å². The first-order valence-corrected chi connectivity index (χ1v) is 12.6. The molecule has 0 aliphatic carbocycles. The second-order valence-electron chi connectivity index (χ2n) is 7.94. The Balaban J connectivity index is 1.71. The van der Waals surface area contributed by atoms with E-state index in [0.717, 1.165) is 6.42 Å². The van der Waals surface area contributed by atoms with E-state index in [4.69, 9.17) is 11.6 Å². The van der Waals surface area contributed by atoms with Gasteiger partial charge >= 0.3 is 0 Å². The van der Waals surface area contributed by atoms with E-state index in [9.17, 15) is 22.4 Å². The summed E-state index contributed by atoms with van der Waals surface area (Å²) in [7, 11) is -3.68. The minimum atomic E-state index is -3.68. The SMILES string of the molecule is CCCNC(=O)C(NC(=O)c1ccc(F)cc1)C1CCN(S(=O)(=O)c2ccc(Cl)cc2)CC1. The zero-order valence-electron chi connectivity index (χ0n) is 18.3. The monoisotopic (exact) mass is 495 g/mol. The molecule has 1 heterocycles. The van der Waals surface area contributed by atoms with Gasteiger partial charge in [-0.2, -0.15) is 4.31 Å². The molecule has 1 fully saturated rings. The molecule has 0 bridgehead atoms. The molecule has 0 aromatic heterocycles. The summed E-state index contributed by atoms with van der Waals surface area (Å²) < 4.78 is 40.5. The summed E-state index contributed by atoms with van der Waals surface area (Å²) in [5.41, 5.74) is 0.243. The van der Waals surface area contributed by atoms with Crippen molar-refractivity contribution >= 4 is 33.4 Å². The van der Waals surface area contributed by atoms with Crippen LogP contribution in [-0.4, -0.2) is 50.2 Å². The summed E-state index contributed by atoms with van der Waals surface area (Å²) in [5, 5.41) is 6.03. The molecular weight excluding hydrogens is 469 g/mol. The number of nitrogens with one attached hydrogen (secondary N) is 2. The third-order valence-electron chi connectivity index (χ3n) is 5.65. The fourth-order valence-electron chi connectivity index (χ4n) is 3.79. The summed E-state index contributed by atoms with van der Waals surface area (Å²) >= 11 is 5.86. The number of hydrogen-bond acceptors (Lipinski definition) is 4. The quantitative estimate of drug-likeness (QED) is 0.588. The molecule has 0 radical (unpaired) electrons. The van der Waals surface area contributed by atoms with Gasteiger partial charge in [-0.05, 0) is 73.7 Å². The molecular formula is C23H27ClFN3O4S. The van der Waals surface area contributed by atoms with Crippen LogP contribution in [0.1, 0.15) is 36.5 Å². The van der Waals surface area contributed by atoms with Crippen molar-refractivity contribution in [2.45, 2.75) is 37.1 Å². The summed E-state index contributed by atoms with van der Waals surface area (Å²) in [6, 6.07) is 10.2. The number of carbonyl (C=O) groups excluding carboxylic acids is 2. The Bertz CT molecular complexity index is 1070. The van der Waals surface area contributed by atoms with Crippen LogP contribution in [0.25, 0.3) is 0 Å². The molecule has 0 saturated carbocycles. The average Bonchev–Trinajstić information content (AvgIpc) is 2.81. The number of carbonyl (C=O) groups is 2. The highest BCUT2D eigenvalue weighted by Crippen LogP contribution is 2.27. The molecule has 1 atom stereocenters. The minimum absolute atomic E-state index is 0.159. The molecule has 178 valence electrons. The number of nitrogens with zero attached hydrogens (tertiary/aromatic N) is 1. The van der Waals surface area contributed by atoms with Crippen molar-refractivity contribution in [2.75, 3.05) is 19.6 Å². The van der Waals surface area contributed by atoms with E-state index in [1.54, 1.807) is 0 Å². The molecule has 1 unspecified atom stereocenters. The van der Waals surface area contributed by atoms with Gasteiger partial charge in [0.1, 0.15) is 11.9 Å². The summed E-state index contributed by atoms with van der Waals surface area (Å²) in [4.78, 5) is 25.7. The number of benzene rings is 2. The van der Waals surface area contributed by atoms with Crippen LogP contribution in [0.5, 0.6) is 0 Å². The van der Waals surface area contributed by atoms with Crippen molar-refractivity contribution < 1.29 is 22.4 Å². The van der Waals surface area contributed by atoms with Crippen LogP contribution in [0.4, 0.5) is 4.39 Å². The molecule has 2 aromatic rings. The van der Waals surface area contributed by atoms with Crippen LogP contribution in [0.3, 0.4) is 0 Å². The normalized spacial score (nSPS) is 16.2. The van der Waals surface area contributed by atoms with E-state index in [0.29, 0.717) is 24.4 Å². The molecule has 2 N–H and O–H groups in total. The Kier molecular flexibility index (Phi) is 8.45. The first-order valence-electron chi connectivity index (χ1n) is 10.8. The highest BCUT2D eigenvalue weighted by atomic mass is 35.5. The van der Waals surface area contributed by atoms with Crippen LogP contribution in [0.15, 0.2) is 53.4 Å². The molecule has 1 aliphatic heterocycles. The van der Waals surface area contributed by atoms with Crippen molar-refractivity contribution in [2.24, 2.45) is 5.92 Å². The molecule has 0 spiro atoms. The van der Waals surface area contributed by atoms with E-state index >= 15 is 0 Å². The van der Waals surface area contributed by atoms with Crippen molar-refractivity contribution in [3.8, 4) is 0 Å². The smallest absolute Gasteiger partial charge is 0.251 e. The van der Waals surface area contributed by atoms with E-state index in [1.165, 1.54) is 52.8 Å². The lowest BCUT2D eigenvalue weighted by molar-refractivity contribution is -0.124. The molecule has 33 heavy (non-hydrogen) atoms. The topological polar surface area (TPSA) is 95.6 Å². The van der Waals surface area contributed by atoms with Gasteiger partial charge < -0.3 is 10.6 Å². The molecule has 7 nitrogen and oxygen atoms in total. The third kappa shape index (κ3) is 6.31. The molecule has 2 amide bonds. The van der Waals surface area contributed by atoms with E-state index in [-0.39, 0.29) is 35.4 Å². The van der Waals surface area contributed by atoms with E-state index in [1.807, 2.05) is 6.92 Å². The highest BCUT2D eigenvalue weighted by molar-refractivity contribution is 7.89. The van der Waals surface area contributed by atoms with Crippen LogP contribution in [-0.2, 0) is 14.8 Å². The average molecular weight is 496 g/mol. The van der Waals surface area contributed by atoms with Gasteiger partial charge in [-0.3, -0.25) is 9.59 Å². The van der Waals surface area contributed by atoms with Crippen LogP contribution >= 0.6 is 11.6 Å². The van der Waals surface area contributed by atoms with Crippen molar-refractivity contribution in [3.63, 3.8) is 0 Å². The number of rotatable bonds is 8. The van der Waals surface area contributed by atoms with E-state index in [2.05, 4.69) is 10.6 Å². The second kappa shape index (κ2) is 11.1. The second-order valence-corrected chi connectivity index (χ2v) is 10.3. The summed E-state index contributed by atoms with van der Waals surface area (Å²) in [5.74, 6) is -1.50. The molecule has 3 rings (SSSR count). The number of amides is 2. The maximum Gasteiger partial charge on any atom is 0.251 e. The first-order chi connectivity index (χ1) is 15.7. The van der Waals surface area contributed by atoms with Gasteiger partial charge in [0, 0.05) is 30.2 Å². The number of sulfonamides is 1. The zero-order valence-corrected chi connectivity index (χ0v) is 19.8. The minimum Gasteiger partial charge on any atom is -0.354 e. The third-order valence-corrected chi connectivity index (χ3v) is 7.81. The summed E-state index contributed by atoms with van der Waals surface area (Å²) in [6.45, 7) is 2.83. The lowest BCUT2D eigenvalue weighted by Gasteiger charge is -2.35.